The third-order valence-corrected chi connectivity index (χ3v) is 4.67. The Bertz CT molecular complexity index is 618. The number of halogens is 1. The van der Waals surface area contributed by atoms with Crippen LogP contribution in [0.1, 0.15) is 42.8 Å². The Morgan fingerprint density at radius 2 is 2.10 bits per heavy atom. The second-order valence-electron chi connectivity index (χ2n) is 5.43. The summed E-state index contributed by atoms with van der Waals surface area (Å²) in [4.78, 5) is 4.61. The predicted octanol–water partition coefficient (Wildman–Crippen LogP) is 3.79. The van der Waals surface area contributed by atoms with Gasteiger partial charge in [0, 0.05) is 16.2 Å². The van der Waals surface area contributed by atoms with Gasteiger partial charge in [0.15, 0.2) is 0 Å². The molecule has 1 heterocycles. The number of aryl methyl sites for hydroxylation is 1. The van der Waals surface area contributed by atoms with Gasteiger partial charge in [-0.05, 0) is 63.4 Å². The lowest BCUT2D eigenvalue weighted by atomic mass is 10.00. The number of nitrogens with one attached hydrogen (secondary N) is 1. The first kappa shape index (κ1) is 13.8. The molecule has 0 aliphatic heterocycles. The minimum atomic E-state index is 0.309. The van der Waals surface area contributed by atoms with Crippen LogP contribution in [0.3, 0.4) is 0 Å². The molecule has 2 aromatic rings. The van der Waals surface area contributed by atoms with Crippen LogP contribution in [-0.4, -0.2) is 16.6 Å². The van der Waals surface area contributed by atoms with Gasteiger partial charge in [0.05, 0.1) is 17.7 Å². The molecule has 1 aliphatic rings. The molecule has 0 saturated carbocycles. The molecule has 1 unspecified atom stereocenters. The van der Waals surface area contributed by atoms with E-state index in [1.807, 2.05) is 13.4 Å². The first-order valence-electron chi connectivity index (χ1n) is 7.23. The Balaban J connectivity index is 2.12. The van der Waals surface area contributed by atoms with Crippen LogP contribution in [0.2, 0.25) is 0 Å². The van der Waals surface area contributed by atoms with E-state index in [2.05, 4.69) is 55.9 Å². The molecule has 3 rings (SSSR count). The Kier molecular flexibility index (Phi) is 3.94. The molecule has 0 amide bonds. The molecule has 3 nitrogen and oxygen atoms in total. The van der Waals surface area contributed by atoms with Gasteiger partial charge in [0.2, 0.25) is 0 Å². The van der Waals surface area contributed by atoms with Crippen LogP contribution in [0.4, 0.5) is 0 Å². The zero-order valence-electron chi connectivity index (χ0n) is 12.0. The maximum atomic E-state index is 4.61. The molecular formula is C16H20BrN3. The van der Waals surface area contributed by atoms with Gasteiger partial charge < -0.3 is 9.88 Å². The maximum absolute atomic E-state index is 4.61. The Morgan fingerprint density at radius 3 is 2.90 bits per heavy atom. The molecular weight excluding hydrogens is 314 g/mol. The highest BCUT2D eigenvalue weighted by Crippen LogP contribution is 2.29. The van der Waals surface area contributed by atoms with Crippen molar-refractivity contribution in [1.29, 1.82) is 0 Å². The maximum Gasteiger partial charge on any atom is 0.0997 e. The van der Waals surface area contributed by atoms with E-state index in [0.29, 0.717) is 6.04 Å². The van der Waals surface area contributed by atoms with Crippen LogP contribution in [0.5, 0.6) is 0 Å². The topological polar surface area (TPSA) is 29.9 Å². The van der Waals surface area contributed by atoms with Crippen molar-refractivity contribution in [2.24, 2.45) is 0 Å². The van der Waals surface area contributed by atoms with E-state index in [0.717, 1.165) is 17.3 Å². The molecule has 1 atom stereocenters. The SMILES string of the molecule is CNC(C)c1cc(Br)ccc1-n1cnc2c1CCCC2. The minimum Gasteiger partial charge on any atom is -0.313 e. The van der Waals surface area contributed by atoms with Crippen molar-refractivity contribution in [3.63, 3.8) is 0 Å². The Labute approximate surface area is 128 Å². The molecule has 1 aromatic heterocycles. The summed E-state index contributed by atoms with van der Waals surface area (Å²) in [5.41, 5.74) is 5.21. The number of imidazole rings is 1. The van der Waals surface area contributed by atoms with E-state index < -0.39 is 0 Å². The smallest absolute Gasteiger partial charge is 0.0997 e. The van der Waals surface area contributed by atoms with Crippen LogP contribution in [-0.2, 0) is 12.8 Å². The zero-order valence-corrected chi connectivity index (χ0v) is 13.6. The quantitative estimate of drug-likeness (QED) is 0.925. The third kappa shape index (κ3) is 2.42. The number of benzene rings is 1. The highest BCUT2D eigenvalue weighted by atomic mass is 79.9. The summed E-state index contributed by atoms with van der Waals surface area (Å²) in [7, 11) is 2.00. The fraction of sp³-hybridized carbons (Fsp3) is 0.438. The molecule has 1 aromatic carbocycles. The number of fused-ring (bicyclic) bond motifs is 1. The van der Waals surface area contributed by atoms with Crippen LogP contribution in [0, 0.1) is 0 Å². The molecule has 0 radical (unpaired) electrons. The van der Waals surface area contributed by atoms with Crippen LogP contribution >= 0.6 is 15.9 Å². The number of nitrogens with zero attached hydrogens (tertiary/aromatic N) is 2. The third-order valence-electron chi connectivity index (χ3n) is 4.18. The summed E-state index contributed by atoms with van der Waals surface area (Å²) >= 11 is 3.58. The van der Waals surface area contributed by atoms with Gasteiger partial charge >= 0.3 is 0 Å². The summed E-state index contributed by atoms with van der Waals surface area (Å²) in [6.07, 6.45) is 6.79. The van der Waals surface area contributed by atoms with Crippen LogP contribution in [0.15, 0.2) is 29.0 Å². The fourth-order valence-electron chi connectivity index (χ4n) is 2.92. The summed E-state index contributed by atoms with van der Waals surface area (Å²) < 4.78 is 3.40. The van der Waals surface area contributed by atoms with E-state index in [-0.39, 0.29) is 0 Å². The molecule has 1 N–H and O–H groups in total. The summed E-state index contributed by atoms with van der Waals surface area (Å²) in [5, 5.41) is 3.34. The van der Waals surface area contributed by atoms with Gasteiger partial charge in [-0.15, -0.1) is 0 Å². The summed E-state index contributed by atoms with van der Waals surface area (Å²) in [5.74, 6) is 0. The molecule has 20 heavy (non-hydrogen) atoms. The van der Waals surface area contributed by atoms with Gasteiger partial charge in [0.1, 0.15) is 0 Å². The molecule has 0 bridgehead atoms. The normalized spacial score (nSPS) is 15.9. The molecule has 0 saturated heterocycles. The number of aromatic nitrogens is 2. The van der Waals surface area contributed by atoms with Crippen molar-refractivity contribution in [3.8, 4) is 5.69 Å². The van der Waals surface area contributed by atoms with Crippen molar-refractivity contribution >= 4 is 15.9 Å². The monoisotopic (exact) mass is 333 g/mol. The Hall–Kier alpha value is -1.13. The van der Waals surface area contributed by atoms with Crippen molar-refractivity contribution in [1.82, 2.24) is 14.9 Å². The van der Waals surface area contributed by atoms with Crippen LogP contribution < -0.4 is 5.32 Å². The first-order valence-corrected chi connectivity index (χ1v) is 8.02. The first-order chi connectivity index (χ1) is 9.70. The number of hydrogen-bond acceptors (Lipinski definition) is 2. The number of rotatable bonds is 3. The highest BCUT2D eigenvalue weighted by Gasteiger charge is 2.19. The second-order valence-corrected chi connectivity index (χ2v) is 6.34. The lowest BCUT2D eigenvalue weighted by Gasteiger charge is -2.20. The lowest BCUT2D eigenvalue weighted by Crippen LogP contribution is -2.16. The molecule has 0 fully saturated rings. The lowest BCUT2D eigenvalue weighted by molar-refractivity contribution is 0.636. The average molecular weight is 334 g/mol. The second kappa shape index (κ2) is 5.70. The predicted molar refractivity (Wildman–Crippen MR) is 85.4 cm³/mol. The average Bonchev–Trinajstić information content (AvgIpc) is 2.90. The minimum absolute atomic E-state index is 0.309. The number of hydrogen-bond donors (Lipinski definition) is 1. The van der Waals surface area contributed by atoms with E-state index in [9.17, 15) is 0 Å². The highest BCUT2D eigenvalue weighted by molar-refractivity contribution is 9.10. The van der Waals surface area contributed by atoms with E-state index in [4.69, 9.17) is 0 Å². The van der Waals surface area contributed by atoms with Gasteiger partial charge in [-0.3, -0.25) is 0 Å². The zero-order chi connectivity index (χ0) is 14.1. The van der Waals surface area contributed by atoms with Gasteiger partial charge in [-0.1, -0.05) is 15.9 Å². The van der Waals surface area contributed by atoms with Crippen molar-refractivity contribution in [2.75, 3.05) is 7.05 Å². The molecule has 1 aliphatic carbocycles. The van der Waals surface area contributed by atoms with Gasteiger partial charge in [0.25, 0.3) is 0 Å². The summed E-state index contributed by atoms with van der Waals surface area (Å²) in [6, 6.07) is 6.80. The van der Waals surface area contributed by atoms with E-state index >= 15 is 0 Å². The molecule has 4 heteroatoms. The van der Waals surface area contributed by atoms with Crippen molar-refractivity contribution < 1.29 is 0 Å². The van der Waals surface area contributed by atoms with Crippen molar-refractivity contribution in [3.05, 3.63) is 46.0 Å². The van der Waals surface area contributed by atoms with E-state index in [1.165, 1.54) is 35.5 Å². The molecule has 0 spiro atoms. The van der Waals surface area contributed by atoms with E-state index in [1.54, 1.807) is 0 Å². The van der Waals surface area contributed by atoms with Crippen molar-refractivity contribution in [2.45, 2.75) is 38.6 Å². The molecule has 106 valence electrons. The van der Waals surface area contributed by atoms with Gasteiger partial charge in [-0.25, -0.2) is 4.98 Å². The summed E-state index contributed by atoms with van der Waals surface area (Å²) in [6.45, 7) is 2.19. The van der Waals surface area contributed by atoms with Gasteiger partial charge in [-0.2, -0.15) is 0 Å². The fourth-order valence-corrected chi connectivity index (χ4v) is 3.30. The Morgan fingerprint density at radius 1 is 1.30 bits per heavy atom. The standard InChI is InChI=1S/C16H20BrN3/c1-11(18-2)13-9-12(17)7-8-15(13)20-10-19-14-5-3-4-6-16(14)20/h7-11,18H,3-6H2,1-2H3. The van der Waals surface area contributed by atoms with Crippen LogP contribution in [0.25, 0.3) is 5.69 Å². The largest absolute Gasteiger partial charge is 0.313 e.